The molecule has 0 saturated carbocycles. The van der Waals surface area contributed by atoms with Gasteiger partial charge in [0, 0.05) is 19.6 Å². The van der Waals surface area contributed by atoms with E-state index in [2.05, 4.69) is 10.6 Å². The van der Waals surface area contributed by atoms with Crippen LogP contribution in [-0.4, -0.2) is 50.6 Å². The Bertz CT molecular complexity index is 611. The molecule has 1 aromatic heterocycles. The molecule has 1 aromatic rings. The number of nitrogens with one attached hydrogen (secondary N) is 2. The van der Waals surface area contributed by atoms with Gasteiger partial charge in [0.05, 0.1) is 18.6 Å². The zero-order valence-corrected chi connectivity index (χ0v) is 12.9. The maximum absolute atomic E-state index is 12.5. The van der Waals surface area contributed by atoms with Crippen molar-refractivity contribution in [3.8, 4) is 0 Å². The van der Waals surface area contributed by atoms with Crippen molar-refractivity contribution in [1.82, 2.24) is 10.6 Å². The summed E-state index contributed by atoms with van der Waals surface area (Å²) < 4.78 is 4.73. The first-order chi connectivity index (χ1) is 10.6. The van der Waals surface area contributed by atoms with Crippen LogP contribution in [0.15, 0.2) is 11.4 Å². The van der Waals surface area contributed by atoms with E-state index in [1.807, 2.05) is 0 Å². The van der Waals surface area contributed by atoms with Crippen LogP contribution < -0.4 is 15.5 Å². The van der Waals surface area contributed by atoms with E-state index in [-0.39, 0.29) is 17.7 Å². The summed E-state index contributed by atoms with van der Waals surface area (Å²) in [6.45, 7) is 1.80. The van der Waals surface area contributed by atoms with Crippen molar-refractivity contribution in [2.24, 2.45) is 5.92 Å². The molecule has 118 valence electrons. The molecule has 0 aromatic carbocycles. The van der Waals surface area contributed by atoms with Crippen molar-refractivity contribution >= 4 is 34.1 Å². The summed E-state index contributed by atoms with van der Waals surface area (Å²) in [7, 11) is 1.31. The molecule has 0 bridgehead atoms. The smallest absolute Gasteiger partial charge is 0.340 e. The molecule has 7 nitrogen and oxygen atoms in total. The van der Waals surface area contributed by atoms with Crippen LogP contribution in [0.4, 0.5) is 5.00 Å². The van der Waals surface area contributed by atoms with Crippen LogP contribution in [0.5, 0.6) is 0 Å². The number of methoxy groups -OCH3 is 1. The van der Waals surface area contributed by atoms with Crippen LogP contribution in [0.1, 0.15) is 16.8 Å². The Balaban J connectivity index is 1.69. The zero-order valence-electron chi connectivity index (χ0n) is 12.1. The van der Waals surface area contributed by atoms with Crippen molar-refractivity contribution in [2.75, 3.05) is 31.6 Å². The van der Waals surface area contributed by atoms with E-state index in [0.717, 1.165) is 0 Å². The van der Waals surface area contributed by atoms with Gasteiger partial charge in [-0.3, -0.25) is 9.59 Å². The van der Waals surface area contributed by atoms with E-state index in [9.17, 15) is 14.4 Å². The van der Waals surface area contributed by atoms with Crippen molar-refractivity contribution < 1.29 is 19.1 Å². The Morgan fingerprint density at radius 1 is 1.45 bits per heavy atom. The average Bonchev–Trinajstić information content (AvgIpc) is 3.04. The third kappa shape index (κ3) is 2.59. The number of anilines is 1. The largest absolute Gasteiger partial charge is 0.465 e. The van der Waals surface area contributed by atoms with Gasteiger partial charge in [-0.05, 0) is 17.9 Å². The third-order valence-electron chi connectivity index (χ3n) is 3.97. The molecule has 2 N–H and O–H groups in total. The van der Waals surface area contributed by atoms with E-state index in [1.165, 1.54) is 18.4 Å². The van der Waals surface area contributed by atoms with E-state index >= 15 is 0 Å². The Hall–Kier alpha value is -1.93. The number of esters is 1. The molecule has 0 radical (unpaired) electrons. The van der Waals surface area contributed by atoms with Crippen molar-refractivity contribution in [3.63, 3.8) is 0 Å². The fraction of sp³-hybridized carbons (Fsp3) is 0.500. The third-order valence-corrected chi connectivity index (χ3v) is 4.91. The zero-order chi connectivity index (χ0) is 15.7. The van der Waals surface area contributed by atoms with E-state index in [1.54, 1.807) is 16.3 Å². The molecule has 2 aliphatic heterocycles. The molecule has 0 spiro atoms. The van der Waals surface area contributed by atoms with Gasteiger partial charge in [0.2, 0.25) is 11.8 Å². The highest BCUT2D eigenvalue weighted by atomic mass is 32.1. The Morgan fingerprint density at radius 3 is 2.86 bits per heavy atom. The minimum absolute atomic E-state index is 0.0470. The van der Waals surface area contributed by atoms with Crippen LogP contribution in [0.3, 0.4) is 0 Å². The highest BCUT2D eigenvalue weighted by molar-refractivity contribution is 7.14. The minimum Gasteiger partial charge on any atom is -0.465 e. The first-order valence-corrected chi connectivity index (χ1v) is 7.98. The molecule has 3 rings (SSSR count). The summed E-state index contributed by atoms with van der Waals surface area (Å²) in [5.41, 5.74) is 0.385. The molecule has 0 aliphatic carbocycles. The first-order valence-electron chi connectivity index (χ1n) is 7.10. The number of hydrogen-bond donors (Lipinski definition) is 2. The molecule has 2 amide bonds. The van der Waals surface area contributed by atoms with Crippen LogP contribution in [0, 0.1) is 5.92 Å². The van der Waals surface area contributed by atoms with Gasteiger partial charge >= 0.3 is 5.97 Å². The highest BCUT2D eigenvalue weighted by Crippen LogP contribution is 2.31. The number of thiophene rings is 1. The predicted octanol–water partition coefficient (Wildman–Crippen LogP) is -0.0244. The topological polar surface area (TPSA) is 87.7 Å². The lowest BCUT2D eigenvalue weighted by Crippen LogP contribution is -2.54. The number of rotatable bonds is 4. The number of carbonyl (C=O) groups excluding carboxylic acids is 3. The Morgan fingerprint density at radius 2 is 2.23 bits per heavy atom. The van der Waals surface area contributed by atoms with E-state index < -0.39 is 12.0 Å². The number of nitrogens with zero attached hydrogens (tertiary/aromatic N) is 1. The lowest BCUT2D eigenvalue weighted by Gasteiger charge is -2.27. The number of hydrogen-bond acceptors (Lipinski definition) is 6. The van der Waals surface area contributed by atoms with Crippen molar-refractivity contribution in [2.45, 2.75) is 12.5 Å². The second-order valence-corrected chi connectivity index (χ2v) is 6.22. The van der Waals surface area contributed by atoms with Gasteiger partial charge in [-0.25, -0.2) is 4.79 Å². The lowest BCUT2D eigenvalue weighted by atomic mass is 10.0. The summed E-state index contributed by atoms with van der Waals surface area (Å²) >= 11 is 1.32. The van der Waals surface area contributed by atoms with Crippen molar-refractivity contribution in [3.05, 3.63) is 17.0 Å². The number of carbonyl (C=O) groups is 3. The molecule has 1 unspecified atom stereocenters. The average molecular weight is 323 g/mol. The predicted molar refractivity (Wildman–Crippen MR) is 80.9 cm³/mol. The molecule has 2 saturated heterocycles. The SMILES string of the molecule is COC(=O)c1ccsc1N1CCC(NC(=O)C2CNC2)C1=O. The fourth-order valence-corrected chi connectivity index (χ4v) is 3.47. The van der Waals surface area contributed by atoms with Crippen LogP contribution in [-0.2, 0) is 14.3 Å². The Kier molecular flexibility index (Phi) is 4.12. The molecular weight excluding hydrogens is 306 g/mol. The molecule has 8 heteroatoms. The van der Waals surface area contributed by atoms with Gasteiger partial charge in [-0.2, -0.15) is 0 Å². The molecule has 3 heterocycles. The fourth-order valence-electron chi connectivity index (χ4n) is 2.55. The molecule has 22 heavy (non-hydrogen) atoms. The lowest BCUT2D eigenvalue weighted by molar-refractivity contribution is -0.130. The second kappa shape index (κ2) is 6.05. The van der Waals surface area contributed by atoms with Crippen LogP contribution in [0.25, 0.3) is 0 Å². The van der Waals surface area contributed by atoms with Crippen molar-refractivity contribution in [1.29, 1.82) is 0 Å². The van der Waals surface area contributed by atoms with Gasteiger partial charge in [-0.15, -0.1) is 11.3 Å². The second-order valence-electron chi connectivity index (χ2n) is 5.33. The van der Waals surface area contributed by atoms with Crippen LogP contribution >= 0.6 is 11.3 Å². The summed E-state index contributed by atoms with van der Waals surface area (Å²) in [4.78, 5) is 37.7. The summed E-state index contributed by atoms with van der Waals surface area (Å²) in [6, 6.07) is 1.13. The summed E-state index contributed by atoms with van der Waals surface area (Å²) in [5, 5.41) is 8.17. The maximum atomic E-state index is 12.5. The number of ether oxygens (including phenoxy) is 1. The quantitative estimate of drug-likeness (QED) is 0.760. The molecular formula is C14H17N3O4S. The minimum atomic E-state index is -0.513. The maximum Gasteiger partial charge on any atom is 0.340 e. The normalized spacial score (nSPS) is 21.6. The van der Waals surface area contributed by atoms with E-state index in [0.29, 0.717) is 36.6 Å². The monoisotopic (exact) mass is 323 g/mol. The van der Waals surface area contributed by atoms with E-state index in [4.69, 9.17) is 4.74 Å². The summed E-state index contributed by atoms with van der Waals surface area (Å²) in [6.07, 6.45) is 0.545. The van der Waals surface area contributed by atoms with Gasteiger partial charge in [0.1, 0.15) is 11.0 Å². The standard InChI is InChI=1S/C14H17N3O4S/c1-21-14(20)9-3-5-22-13(9)17-4-2-10(12(17)19)16-11(18)8-6-15-7-8/h3,5,8,10,15H,2,4,6-7H2,1H3,(H,16,18). The van der Waals surface area contributed by atoms with Crippen LogP contribution in [0.2, 0.25) is 0 Å². The molecule has 2 aliphatic rings. The van der Waals surface area contributed by atoms with Gasteiger partial charge in [0.25, 0.3) is 0 Å². The summed E-state index contributed by atoms with van der Waals surface area (Å²) in [5.74, 6) is -0.766. The first kappa shape index (κ1) is 15.0. The van der Waals surface area contributed by atoms with Gasteiger partial charge in [-0.1, -0.05) is 0 Å². The molecule has 2 fully saturated rings. The molecule has 1 atom stereocenters. The Labute approximate surface area is 131 Å². The van der Waals surface area contributed by atoms with Gasteiger partial charge in [0.15, 0.2) is 0 Å². The highest BCUT2D eigenvalue weighted by Gasteiger charge is 2.37. The van der Waals surface area contributed by atoms with Gasteiger partial charge < -0.3 is 20.3 Å². The number of amides is 2.